The van der Waals surface area contributed by atoms with Crippen molar-refractivity contribution in [2.24, 2.45) is 0 Å². The van der Waals surface area contributed by atoms with Crippen LogP contribution in [0.3, 0.4) is 0 Å². The van der Waals surface area contributed by atoms with Crippen molar-refractivity contribution in [2.45, 2.75) is 26.1 Å². The summed E-state index contributed by atoms with van der Waals surface area (Å²) in [4.78, 5) is 11.9. The number of alkyl halides is 3. The van der Waals surface area contributed by atoms with Crippen LogP contribution in [0.5, 0.6) is 0 Å². The van der Waals surface area contributed by atoms with E-state index >= 15 is 0 Å². The second kappa shape index (κ2) is 6.60. The number of anilines is 1. The van der Waals surface area contributed by atoms with E-state index in [0.29, 0.717) is 5.69 Å². The minimum absolute atomic E-state index is 0.102. The summed E-state index contributed by atoms with van der Waals surface area (Å²) in [6, 6.07) is 8.21. The molecule has 1 N–H and O–H groups in total. The Kier molecular flexibility index (Phi) is 4.80. The number of hydrogen-bond donors (Lipinski definition) is 1. The van der Waals surface area contributed by atoms with E-state index < -0.39 is 11.7 Å². The van der Waals surface area contributed by atoms with E-state index in [2.05, 4.69) is 5.32 Å². The van der Waals surface area contributed by atoms with E-state index in [9.17, 15) is 18.0 Å². The van der Waals surface area contributed by atoms with Crippen molar-refractivity contribution in [1.82, 2.24) is 0 Å². The molecule has 0 spiro atoms. The number of nitrogens with one attached hydrogen (secondary N) is 1. The molecular formula is C16H16F3N2O+. The number of aromatic nitrogens is 1. The maximum absolute atomic E-state index is 12.4. The molecule has 6 heteroatoms. The largest absolute Gasteiger partial charge is 0.416 e. The molecule has 0 fully saturated rings. The monoisotopic (exact) mass is 309 g/mol. The number of benzene rings is 1. The van der Waals surface area contributed by atoms with Crippen LogP contribution in [0.25, 0.3) is 0 Å². The van der Waals surface area contributed by atoms with Crippen LogP contribution in [0.4, 0.5) is 18.9 Å². The van der Waals surface area contributed by atoms with Gasteiger partial charge in [-0.3, -0.25) is 4.79 Å². The molecule has 0 aliphatic rings. The highest BCUT2D eigenvalue weighted by atomic mass is 19.4. The van der Waals surface area contributed by atoms with Crippen molar-refractivity contribution in [2.75, 3.05) is 5.32 Å². The van der Waals surface area contributed by atoms with Gasteiger partial charge in [0.25, 0.3) is 5.91 Å². The lowest BCUT2D eigenvalue weighted by Crippen LogP contribution is -2.39. The lowest BCUT2D eigenvalue weighted by molar-refractivity contribution is -0.684. The van der Waals surface area contributed by atoms with Gasteiger partial charge in [-0.05, 0) is 36.2 Å². The highest BCUT2D eigenvalue weighted by molar-refractivity contribution is 5.89. The Morgan fingerprint density at radius 2 is 1.68 bits per heavy atom. The maximum Gasteiger partial charge on any atom is 0.416 e. The second-order valence-electron chi connectivity index (χ2n) is 4.86. The summed E-state index contributed by atoms with van der Waals surface area (Å²) in [6.07, 6.45) is 0.133. The first-order chi connectivity index (χ1) is 10.4. The van der Waals surface area contributed by atoms with Gasteiger partial charge in [-0.1, -0.05) is 6.92 Å². The van der Waals surface area contributed by atoms with Crippen LogP contribution >= 0.6 is 0 Å². The molecule has 1 heterocycles. The topological polar surface area (TPSA) is 33.0 Å². The molecule has 2 rings (SSSR count). The fraction of sp³-hybridized carbons (Fsp3) is 0.250. The van der Waals surface area contributed by atoms with Crippen molar-refractivity contribution in [3.05, 3.63) is 59.9 Å². The van der Waals surface area contributed by atoms with E-state index in [1.165, 1.54) is 17.7 Å². The normalized spacial score (nSPS) is 11.3. The number of nitrogens with zero attached hydrogens (tertiary/aromatic N) is 1. The SMILES string of the molecule is CCc1cc[n+](CC(=O)Nc2ccc(C(F)(F)F)cc2)cc1. The van der Waals surface area contributed by atoms with Gasteiger partial charge in [0.1, 0.15) is 0 Å². The van der Waals surface area contributed by atoms with Gasteiger partial charge >= 0.3 is 6.18 Å². The van der Waals surface area contributed by atoms with Gasteiger partial charge in [0.05, 0.1) is 5.56 Å². The zero-order chi connectivity index (χ0) is 16.2. The van der Waals surface area contributed by atoms with Gasteiger partial charge in [-0.25, -0.2) is 0 Å². The molecule has 2 aromatic rings. The molecule has 0 unspecified atom stereocenters. The number of pyridine rings is 1. The van der Waals surface area contributed by atoms with Crippen molar-refractivity contribution < 1.29 is 22.5 Å². The summed E-state index contributed by atoms with van der Waals surface area (Å²) >= 11 is 0. The fourth-order valence-corrected chi connectivity index (χ4v) is 1.94. The van der Waals surface area contributed by atoms with Crippen LogP contribution in [0, 0.1) is 0 Å². The first-order valence-corrected chi connectivity index (χ1v) is 6.83. The van der Waals surface area contributed by atoms with Crippen LogP contribution in [0.15, 0.2) is 48.8 Å². The highest BCUT2D eigenvalue weighted by Gasteiger charge is 2.30. The number of amides is 1. The van der Waals surface area contributed by atoms with Crippen molar-refractivity contribution in [3.8, 4) is 0 Å². The fourth-order valence-electron chi connectivity index (χ4n) is 1.94. The Morgan fingerprint density at radius 1 is 1.09 bits per heavy atom. The molecule has 0 aliphatic heterocycles. The molecule has 0 atom stereocenters. The number of halogens is 3. The Hall–Kier alpha value is -2.37. The van der Waals surface area contributed by atoms with E-state index in [1.54, 1.807) is 17.0 Å². The third-order valence-corrected chi connectivity index (χ3v) is 3.19. The molecule has 0 saturated heterocycles. The maximum atomic E-state index is 12.4. The minimum Gasteiger partial charge on any atom is -0.321 e. The Labute approximate surface area is 126 Å². The highest BCUT2D eigenvalue weighted by Crippen LogP contribution is 2.29. The molecular weight excluding hydrogens is 293 g/mol. The van der Waals surface area contributed by atoms with Crippen molar-refractivity contribution in [1.29, 1.82) is 0 Å². The summed E-state index contributed by atoms with van der Waals surface area (Å²) in [5.74, 6) is -0.297. The average molecular weight is 309 g/mol. The predicted molar refractivity (Wildman–Crippen MR) is 76.1 cm³/mol. The molecule has 0 radical (unpaired) electrons. The van der Waals surface area contributed by atoms with Gasteiger partial charge < -0.3 is 5.32 Å². The van der Waals surface area contributed by atoms with Crippen LogP contribution in [0.1, 0.15) is 18.1 Å². The first kappa shape index (κ1) is 16.0. The Morgan fingerprint density at radius 3 is 2.18 bits per heavy atom. The van der Waals surface area contributed by atoms with Gasteiger partial charge in [0, 0.05) is 17.8 Å². The number of rotatable bonds is 4. The van der Waals surface area contributed by atoms with Gasteiger partial charge in [-0.2, -0.15) is 17.7 Å². The van der Waals surface area contributed by atoms with Crippen LogP contribution in [0.2, 0.25) is 0 Å². The molecule has 1 aromatic carbocycles. The lowest BCUT2D eigenvalue weighted by Gasteiger charge is -2.08. The van der Waals surface area contributed by atoms with Crippen LogP contribution in [-0.2, 0) is 23.9 Å². The quantitative estimate of drug-likeness (QED) is 0.865. The van der Waals surface area contributed by atoms with E-state index in [1.807, 2.05) is 19.1 Å². The number of aryl methyl sites for hydroxylation is 1. The van der Waals surface area contributed by atoms with E-state index in [4.69, 9.17) is 0 Å². The Balaban J connectivity index is 1.96. The standard InChI is InChI=1S/C16H15F3N2O/c1-2-12-7-9-21(10-8-12)11-15(22)20-14-5-3-13(4-6-14)16(17,18)19/h3-10H,2,11H2,1H3/p+1. The minimum atomic E-state index is -4.38. The number of carbonyl (C=O) groups excluding carboxylic acids is 1. The molecule has 22 heavy (non-hydrogen) atoms. The van der Waals surface area contributed by atoms with Crippen molar-refractivity contribution in [3.63, 3.8) is 0 Å². The molecule has 0 bridgehead atoms. The average Bonchev–Trinajstić information content (AvgIpc) is 2.47. The molecule has 1 amide bonds. The molecule has 1 aromatic heterocycles. The van der Waals surface area contributed by atoms with Crippen LogP contribution in [-0.4, -0.2) is 5.91 Å². The smallest absolute Gasteiger partial charge is 0.321 e. The molecule has 116 valence electrons. The predicted octanol–water partition coefficient (Wildman–Crippen LogP) is 3.19. The zero-order valence-corrected chi connectivity index (χ0v) is 12.0. The third kappa shape index (κ3) is 4.31. The number of carbonyl (C=O) groups is 1. The third-order valence-electron chi connectivity index (χ3n) is 3.19. The van der Waals surface area contributed by atoms with Gasteiger partial charge in [0.2, 0.25) is 6.54 Å². The molecule has 3 nitrogen and oxygen atoms in total. The first-order valence-electron chi connectivity index (χ1n) is 6.83. The molecule has 0 saturated carbocycles. The summed E-state index contributed by atoms with van der Waals surface area (Å²) < 4.78 is 39.0. The van der Waals surface area contributed by atoms with Crippen molar-refractivity contribution >= 4 is 11.6 Å². The van der Waals surface area contributed by atoms with E-state index in [-0.39, 0.29) is 12.5 Å². The molecule has 0 aliphatic carbocycles. The second-order valence-corrected chi connectivity index (χ2v) is 4.86. The van der Waals surface area contributed by atoms with Gasteiger partial charge in [-0.15, -0.1) is 0 Å². The van der Waals surface area contributed by atoms with Gasteiger partial charge in [0.15, 0.2) is 12.4 Å². The lowest BCUT2D eigenvalue weighted by atomic mass is 10.2. The zero-order valence-electron chi connectivity index (χ0n) is 12.0. The summed E-state index contributed by atoms with van der Waals surface area (Å²) in [7, 11) is 0. The number of hydrogen-bond acceptors (Lipinski definition) is 1. The van der Waals surface area contributed by atoms with Crippen LogP contribution < -0.4 is 9.88 Å². The summed E-state index contributed by atoms with van der Waals surface area (Å²) in [5.41, 5.74) is 0.762. The summed E-state index contributed by atoms with van der Waals surface area (Å²) in [5, 5.41) is 2.57. The Bertz CT molecular complexity index is 634. The van der Waals surface area contributed by atoms with E-state index in [0.717, 1.165) is 18.6 Å². The summed E-state index contributed by atoms with van der Waals surface area (Å²) in [6.45, 7) is 2.14.